The first kappa shape index (κ1) is 21.1. The second-order valence-electron chi connectivity index (χ2n) is 6.90. The zero-order valence-corrected chi connectivity index (χ0v) is 17.3. The van der Waals surface area contributed by atoms with Crippen LogP contribution < -0.4 is 5.43 Å². The topological polar surface area (TPSA) is 61.7 Å². The summed E-state index contributed by atoms with van der Waals surface area (Å²) in [4.78, 5) is 12.1. The van der Waals surface area contributed by atoms with Crippen LogP contribution in [0.25, 0.3) is 11.1 Å². The van der Waals surface area contributed by atoms with Crippen LogP contribution in [-0.4, -0.2) is 17.2 Å². The smallest absolute Gasteiger partial charge is 0.271 e. The third kappa shape index (κ3) is 5.23. The van der Waals surface area contributed by atoms with E-state index in [-0.39, 0.29) is 11.7 Å². The fourth-order valence-electron chi connectivity index (χ4n) is 3.44. The average Bonchev–Trinajstić information content (AvgIpc) is 2.79. The monoisotopic (exact) mass is 398 g/mol. The van der Waals surface area contributed by atoms with Crippen molar-refractivity contribution in [3.8, 4) is 5.75 Å². The highest BCUT2D eigenvalue weighted by atomic mass is 16.3. The van der Waals surface area contributed by atoms with Crippen LogP contribution in [0.3, 0.4) is 0 Å². The van der Waals surface area contributed by atoms with Gasteiger partial charge in [0, 0.05) is 5.56 Å². The molecule has 0 unspecified atom stereocenters. The third-order valence-corrected chi connectivity index (χ3v) is 4.96. The van der Waals surface area contributed by atoms with Gasteiger partial charge < -0.3 is 5.11 Å². The van der Waals surface area contributed by atoms with Crippen LogP contribution in [0.5, 0.6) is 5.75 Å². The van der Waals surface area contributed by atoms with Crippen molar-refractivity contribution >= 4 is 23.3 Å². The van der Waals surface area contributed by atoms with Crippen molar-refractivity contribution in [1.82, 2.24) is 5.43 Å². The summed E-state index contributed by atoms with van der Waals surface area (Å²) in [6, 6.07) is 24.7. The summed E-state index contributed by atoms with van der Waals surface area (Å²) >= 11 is 0. The SMILES string of the molecule is CC/C(=C(/CC)c1ccc(/C=N/NC(=O)c2ccc(O)cc2)cc1)c1ccccc1. The van der Waals surface area contributed by atoms with Crippen molar-refractivity contribution in [3.63, 3.8) is 0 Å². The van der Waals surface area contributed by atoms with Gasteiger partial charge in [-0.2, -0.15) is 5.10 Å². The fraction of sp³-hybridized carbons (Fsp3) is 0.154. The molecule has 0 aliphatic carbocycles. The zero-order valence-electron chi connectivity index (χ0n) is 17.3. The summed E-state index contributed by atoms with van der Waals surface area (Å²) in [5.74, 6) is -0.205. The molecule has 0 aliphatic heterocycles. The van der Waals surface area contributed by atoms with Crippen molar-refractivity contribution in [2.45, 2.75) is 26.7 Å². The molecule has 3 aromatic rings. The molecular weight excluding hydrogens is 372 g/mol. The first-order valence-electron chi connectivity index (χ1n) is 10.1. The molecule has 30 heavy (non-hydrogen) atoms. The standard InChI is InChI=1S/C26H26N2O2/c1-3-24(20-8-6-5-7-9-20)25(4-2)21-12-10-19(11-13-21)18-27-28-26(30)22-14-16-23(29)17-15-22/h5-18,29H,3-4H2,1-2H3,(H,28,30)/b25-24+,27-18+. The number of carbonyl (C=O) groups is 1. The van der Waals surface area contributed by atoms with E-state index < -0.39 is 0 Å². The molecule has 0 bridgehead atoms. The first-order chi connectivity index (χ1) is 14.6. The van der Waals surface area contributed by atoms with E-state index in [1.54, 1.807) is 18.3 Å². The van der Waals surface area contributed by atoms with Gasteiger partial charge in [0.1, 0.15) is 5.75 Å². The Labute approximate surface area is 177 Å². The maximum Gasteiger partial charge on any atom is 0.271 e. The Morgan fingerprint density at radius 1 is 0.800 bits per heavy atom. The lowest BCUT2D eigenvalue weighted by Gasteiger charge is -2.14. The Morgan fingerprint density at radius 2 is 1.33 bits per heavy atom. The molecule has 0 aromatic heterocycles. The van der Waals surface area contributed by atoms with Gasteiger partial charge in [0.25, 0.3) is 5.91 Å². The van der Waals surface area contributed by atoms with E-state index >= 15 is 0 Å². The van der Waals surface area contributed by atoms with Gasteiger partial charge in [0.05, 0.1) is 6.21 Å². The minimum Gasteiger partial charge on any atom is -0.508 e. The molecule has 0 radical (unpaired) electrons. The van der Waals surface area contributed by atoms with Crippen LogP contribution in [0.15, 0.2) is 84.0 Å². The van der Waals surface area contributed by atoms with Crippen molar-refractivity contribution in [1.29, 1.82) is 0 Å². The maximum absolute atomic E-state index is 12.1. The Bertz CT molecular complexity index is 1030. The molecule has 0 spiro atoms. The Balaban J connectivity index is 1.73. The summed E-state index contributed by atoms with van der Waals surface area (Å²) in [5.41, 5.74) is 9.00. The normalized spacial score (nSPS) is 11.9. The first-order valence-corrected chi connectivity index (χ1v) is 10.1. The van der Waals surface area contributed by atoms with E-state index in [4.69, 9.17) is 0 Å². The van der Waals surface area contributed by atoms with Crippen molar-refractivity contribution < 1.29 is 9.90 Å². The van der Waals surface area contributed by atoms with Gasteiger partial charge in [-0.05, 0) is 64.9 Å². The van der Waals surface area contributed by atoms with Crippen LogP contribution >= 0.6 is 0 Å². The number of phenols is 1. The van der Waals surface area contributed by atoms with E-state index in [1.165, 1.54) is 34.4 Å². The molecule has 152 valence electrons. The van der Waals surface area contributed by atoms with Gasteiger partial charge in [-0.25, -0.2) is 5.43 Å². The molecule has 2 N–H and O–H groups in total. The summed E-state index contributed by atoms with van der Waals surface area (Å²) < 4.78 is 0. The lowest BCUT2D eigenvalue weighted by atomic mass is 9.91. The average molecular weight is 399 g/mol. The molecule has 0 fully saturated rings. The third-order valence-electron chi connectivity index (χ3n) is 4.96. The number of amides is 1. The number of allylic oxidation sites excluding steroid dienone is 2. The highest BCUT2D eigenvalue weighted by Crippen LogP contribution is 2.31. The molecule has 0 heterocycles. The largest absolute Gasteiger partial charge is 0.508 e. The Morgan fingerprint density at radius 3 is 1.90 bits per heavy atom. The van der Waals surface area contributed by atoms with Crippen LogP contribution in [0.4, 0.5) is 0 Å². The molecule has 4 heteroatoms. The van der Waals surface area contributed by atoms with E-state index in [0.717, 1.165) is 18.4 Å². The quantitative estimate of drug-likeness (QED) is 0.296. The molecule has 0 atom stereocenters. The van der Waals surface area contributed by atoms with Gasteiger partial charge >= 0.3 is 0 Å². The summed E-state index contributed by atoms with van der Waals surface area (Å²) in [6.07, 6.45) is 3.54. The lowest BCUT2D eigenvalue weighted by Crippen LogP contribution is -2.17. The van der Waals surface area contributed by atoms with Gasteiger partial charge in [-0.3, -0.25) is 4.79 Å². The van der Waals surface area contributed by atoms with E-state index in [1.807, 2.05) is 18.2 Å². The minimum absolute atomic E-state index is 0.120. The van der Waals surface area contributed by atoms with Gasteiger partial charge in [-0.15, -0.1) is 0 Å². The Kier molecular flexibility index (Phi) is 7.17. The van der Waals surface area contributed by atoms with Crippen LogP contribution in [0.1, 0.15) is 53.7 Å². The van der Waals surface area contributed by atoms with E-state index in [2.05, 4.69) is 60.8 Å². The van der Waals surface area contributed by atoms with Gasteiger partial charge in [-0.1, -0.05) is 68.4 Å². The number of rotatable bonds is 7. The number of nitrogens with one attached hydrogen (secondary N) is 1. The molecule has 1 amide bonds. The fourth-order valence-corrected chi connectivity index (χ4v) is 3.44. The molecule has 0 aliphatic rings. The summed E-state index contributed by atoms with van der Waals surface area (Å²) in [6.45, 7) is 4.37. The molecular formula is C26H26N2O2. The molecule has 3 aromatic carbocycles. The highest BCUT2D eigenvalue weighted by Gasteiger charge is 2.09. The predicted molar refractivity (Wildman–Crippen MR) is 123 cm³/mol. The van der Waals surface area contributed by atoms with Crippen LogP contribution in [-0.2, 0) is 0 Å². The number of hydrogen-bond donors (Lipinski definition) is 2. The number of hydrogen-bond acceptors (Lipinski definition) is 3. The van der Waals surface area contributed by atoms with Gasteiger partial charge in [0.2, 0.25) is 0 Å². The van der Waals surface area contributed by atoms with Crippen molar-refractivity contribution in [2.24, 2.45) is 5.10 Å². The number of carbonyl (C=O) groups excluding carboxylic acids is 1. The van der Waals surface area contributed by atoms with E-state index in [0.29, 0.717) is 5.56 Å². The number of nitrogens with zero attached hydrogens (tertiary/aromatic N) is 1. The zero-order chi connectivity index (χ0) is 21.3. The van der Waals surface area contributed by atoms with Crippen molar-refractivity contribution in [2.75, 3.05) is 0 Å². The molecule has 0 saturated carbocycles. The molecule has 4 nitrogen and oxygen atoms in total. The van der Waals surface area contributed by atoms with Crippen LogP contribution in [0.2, 0.25) is 0 Å². The molecule has 3 rings (SSSR count). The maximum atomic E-state index is 12.1. The number of phenolic OH excluding ortho intramolecular Hbond substituents is 1. The number of hydrazone groups is 1. The number of aromatic hydroxyl groups is 1. The molecule has 0 saturated heterocycles. The van der Waals surface area contributed by atoms with Gasteiger partial charge in [0.15, 0.2) is 0 Å². The minimum atomic E-state index is -0.325. The second kappa shape index (κ2) is 10.2. The highest BCUT2D eigenvalue weighted by molar-refractivity contribution is 5.95. The predicted octanol–water partition coefficient (Wildman–Crippen LogP) is 5.89. The Hall–Kier alpha value is -3.66. The van der Waals surface area contributed by atoms with Crippen molar-refractivity contribution in [3.05, 3.63) is 101 Å². The number of benzene rings is 3. The van der Waals surface area contributed by atoms with Crippen LogP contribution in [0, 0.1) is 0 Å². The second-order valence-corrected chi connectivity index (χ2v) is 6.90. The lowest BCUT2D eigenvalue weighted by molar-refractivity contribution is 0.0955. The summed E-state index contributed by atoms with van der Waals surface area (Å²) in [5, 5.41) is 13.3. The summed E-state index contributed by atoms with van der Waals surface area (Å²) in [7, 11) is 0. The van der Waals surface area contributed by atoms with E-state index in [9.17, 15) is 9.90 Å².